The molecule has 32 heavy (non-hydrogen) atoms. The van der Waals surface area contributed by atoms with Crippen LogP contribution in [-0.2, 0) is 28.7 Å². The van der Waals surface area contributed by atoms with Crippen molar-refractivity contribution in [3.8, 4) is 0 Å². The lowest BCUT2D eigenvalue weighted by molar-refractivity contribution is -0.145. The largest absolute Gasteiger partial charge is 0.481 e. The Morgan fingerprint density at radius 2 is 0.688 bits per heavy atom. The summed E-state index contributed by atoms with van der Waals surface area (Å²) in [5, 5.41) is 17.1. The van der Waals surface area contributed by atoms with E-state index >= 15 is 0 Å². The zero-order valence-electron chi connectivity index (χ0n) is 19.5. The number of aliphatic carboxylic acids is 2. The third-order valence-corrected chi connectivity index (χ3v) is 5.11. The summed E-state index contributed by atoms with van der Waals surface area (Å²) in [7, 11) is 0. The molecule has 0 bridgehead atoms. The van der Waals surface area contributed by atoms with E-state index in [2.05, 4.69) is 0 Å². The maximum atomic E-state index is 11.6. The molecule has 0 aliphatic carbocycles. The van der Waals surface area contributed by atoms with Gasteiger partial charge >= 0.3 is 23.9 Å². The third kappa shape index (κ3) is 24.2. The summed E-state index contributed by atoms with van der Waals surface area (Å²) in [6.07, 6.45) is 13.1. The lowest BCUT2D eigenvalue weighted by atomic mass is 10.1. The lowest BCUT2D eigenvalue weighted by Gasteiger charge is -2.06. The van der Waals surface area contributed by atoms with E-state index in [0.29, 0.717) is 38.9 Å². The Balaban J connectivity index is 3.30. The molecule has 0 aliphatic heterocycles. The van der Waals surface area contributed by atoms with Gasteiger partial charge in [0.15, 0.2) is 0 Å². The van der Waals surface area contributed by atoms with Crippen molar-refractivity contribution < 1.29 is 38.9 Å². The predicted molar refractivity (Wildman–Crippen MR) is 120 cm³/mol. The van der Waals surface area contributed by atoms with Crippen LogP contribution in [0.15, 0.2) is 0 Å². The Kier molecular flexibility index (Phi) is 20.6. The highest BCUT2D eigenvalue weighted by atomic mass is 16.5. The monoisotopic (exact) mass is 458 g/mol. The number of unbranched alkanes of at least 4 members (excludes halogenated alkanes) is 11. The number of carboxylic acid groups (broad SMARTS) is 2. The third-order valence-electron chi connectivity index (χ3n) is 5.11. The molecule has 0 aromatic carbocycles. The van der Waals surface area contributed by atoms with Crippen LogP contribution in [0.25, 0.3) is 0 Å². The van der Waals surface area contributed by atoms with E-state index in [1.54, 1.807) is 0 Å². The van der Waals surface area contributed by atoms with E-state index in [1.807, 2.05) is 0 Å². The van der Waals surface area contributed by atoms with E-state index in [4.69, 9.17) is 19.7 Å². The number of hydrogen-bond acceptors (Lipinski definition) is 6. The summed E-state index contributed by atoms with van der Waals surface area (Å²) < 4.78 is 10.4. The maximum Gasteiger partial charge on any atom is 0.305 e. The first-order valence-electron chi connectivity index (χ1n) is 12.2. The van der Waals surface area contributed by atoms with Crippen molar-refractivity contribution in [1.29, 1.82) is 0 Å². The molecule has 0 radical (unpaired) electrons. The van der Waals surface area contributed by atoms with E-state index in [0.717, 1.165) is 77.0 Å². The van der Waals surface area contributed by atoms with Gasteiger partial charge in [-0.2, -0.15) is 0 Å². The normalized spacial score (nSPS) is 10.6. The van der Waals surface area contributed by atoms with E-state index in [-0.39, 0.29) is 24.8 Å². The van der Waals surface area contributed by atoms with Crippen LogP contribution in [0.3, 0.4) is 0 Å². The van der Waals surface area contributed by atoms with Crippen molar-refractivity contribution >= 4 is 23.9 Å². The van der Waals surface area contributed by atoms with Gasteiger partial charge in [0, 0.05) is 25.7 Å². The summed E-state index contributed by atoms with van der Waals surface area (Å²) in [5.41, 5.74) is 0. The Bertz CT molecular complexity index is 472. The first-order chi connectivity index (χ1) is 15.4. The summed E-state index contributed by atoms with van der Waals surface area (Å²) in [5.74, 6) is -1.87. The minimum Gasteiger partial charge on any atom is -0.481 e. The van der Waals surface area contributed by atoms with Crippen LogP contribution in [0.5, 0.6) is 0 Å². The molecule has 0 saturated carbocycles. The van der Waals surface area contributed by atoms with Crippen LogP contribution in [0.1, 0.15) is 116 Å². The Hall–Kier alpha value is -2.12. The van der Waals surface area contributed by atoms with E-state index in [1.165, 1.54) is 0 Å². The number of carbonyl (C=O) groups excluding carboxylic acids is 2. The van der Waals surface area contributed by atoms with Gasteiger partial charge < -0.3 is 19.7 Å². The Morgan fingerprint density at radius 3 is 1.03 bits per heavy atom. The predicted octanol–water partition coefficient (Wildman–Crippen LogP) is 5.26. The Labute approximate surface area is 192 Å². The molecule has 0 rings (SSSR count). The fourth-order valence-corrected chi connectivity index (χ4v) is 3.23. The number of hydrogen-bond donors (Lipinski definition) is 2. The zero-order chi connectivity index (χ0) is 23.9. The van der Waals surface area contributed by atoms with Crippen molar-refractivity contribution in [2.24, 2.45) is 0 Å². The van der Waals surface area contributed by atoms with Crippen LogP contribution < -0.4 is 0 Å². The van der Waals surface area contributed by atoms with Gasteiger partial charge in [-0.05, 0) is 51.4 Å². The molecule has 0 saturated heterocycles. The van der Waals surface area contributed by atoms with Gasteiger partial charge in [0.05, 0.1) is 13.2 Å². The molecule has 0 fully saturated rings. The number of rotatable bonds is 23. The highest BCUT2D eigenvalue weighted by molar-refractivity contribution is 5.69. The van der Waals surface area contributed by atoms with E-state index in [9.17, 15) is 19.2 Å². The van der Waals surface area contributed by atoms with Gasteiger partial charge in [-0.3, -0.25) is 19.2 Å². The van der Waals surface area contributed by atoms with Gasteiger partial charge in [-0.1, -0.05) is 38.5 Å². The molecule has 0 amide bonds. The Morgan fingerprint density at radius 1 is 0.406 bits per heavy atom. The second-order valence-electron chi connectivity index (χ2n) is 8.18. The molecule has 8 heteroatoms. The van der Waals surface area contributed by atoms with Crippen molar-refractivity contribution in [3.63, 3.8) is 0 Å². The van der Waals surface area contributed by atoms with Gasteiger partial charge in [0.2, 0.25) is 0 Å². The quantitative estimate of drug-likeness (QED) is 0.157. The highest BCUT2D eigenvalue weighted by Crippen LogP contribution is 2.10. The van der Waals surface area contributed by atoms with Gasteiger partial charge in [-0.15, -0.1) is 0 Å². The van der Waals surface area contributed by atoms with Crippen molar-refractivity contribution in [2.75, 3.05) is 13.2 Å². The minimum absolute atomic E-state index is 0.175. The molecule has 0 aromatic heterocycles. The van der Waals surface area contributed by atoms with Crippen LogP contribution in [-0.4, -0.2) is 47.3 Å². The smallest absolute Gasteiger partial charge is 0.305 e. The van der Waals surface area contributed by atoms with Crippen LogP contribution >= 0.6 is 0 Å². The number of carboxylic acids is 2. The first kappa shape index (κ1) is 29.9. The van der Waals surface area contributed by atoms with Crippen LogP contribution in [0.2, 0.25) is 0 Å². The first-order valence-corrected chi connectivity index (χ1v) is 12.2. The highest BCUT2D eigenvalue weighted by Gasteiger charge is 2.05. The van der Waals surface area contributed by atoms with Gasteiger partial charge in [0.25, 0.3) is 0 Å². The van der Waals surface area contributed by atoms with E-state index < -0.39 is 11.9 Å². The molecule has 8 nitrogen and oxygen atoms in total. The average Bonchev–Trinajstić information content (AvgIpc) is 2.73. The minimum atomic E-state index is -0.760. The lowest BCUT2D eigenvalue weighted by Crippen LogP contribution is -2.07. The van der Waals surface area contributed by atoms with Crippen LogP contribution in [0.4, 0.5) is 0 Å². The number of carbonyl (C=O) groups is 4. The summed E-state index contributed by atoms with van der Waals surface area (Å²) in [4.78, 5) is 44.1. The van der Waals surface area contributed by atoms with Crippen molar-refractivity contribution in [3.05, 3.63) is 0 Å². The molecule has 0 aliphatic rings. The topological polar surface area (TPSA) is 127 Å². The summed E-state index contributed by atoms with van der Waals surface area (Å²) in [6, 6.07) is 0. The second-order valence-corrected chi connectivity index (χ2v) is 8.18. The fraction of sp³-hybridized carbons (Fsp3) is 0.833. The molecular formula is C24H42O8. The molecule has 2 N–H and O–H groups in total. The van der Waals surface area contributed by atoms with Crippen LogP contribution in [0, 0.1) is 0 Å². The fourth-order valence-electron chi connectivity index (χ4n) is 3.23. The summed E-state index contributed by atoms with van der Waals surface area (Å²) in [6.45, 7) is 0.841. The molecule has 0 atom stereocenters. The molecule has 0 aromatic rings. The second kappa shape index (κ2) is 22.1. The molecule has 0 heterocycles. The zero-order valence-corrected chi connectivity index (χ0v) is 19.5. The molecule has 0 spiro atoms. The summed E-state index contributed by atoms with van der Waals surface area (Å²) >= 11 is 0. The van der Waals surface area contributed by atoms with Gasteiger partial charge in [-0.25, -0.2) is 0 Å². The maximum absolute atomic E-state index is 11.6. The standard InChI is InChI=1S/C24H42O8/c25-21(26)15-9-3-1-5-11-17-23(29)31-19-13-7-8-14-20-32-24(30)18-12-6-2-4-10-16-22(27)28/h1-20H2,(H,25,26)(H,27,28). The SMILES string of the molecule is O=C(O)CCCCCCCC(=O)OCCCCCCOC(=O)CCCCCCCC(=O)O. The van der Waals surface area contributed by atoms with Crippen molar-refractivity contribution in [1.82, 2.24) is 0 Å². The van der Waals surface area contributed by atoms with Gasteiger partial charge in [0.1, 0.15) is 0 Å². The van der Waals surface area contributed by atoms with Crippen molar-refractivity contribution in [2.45, 2.75) is 116 Å². The number of esters is 2. The number of ether oxygens (including phenoxy) is 2. The molecular weight excluding hydrogens is 416 g/mol. The average molecular weight is 459 g/mol. The molecule has 0 unspecified atom stereocenters. The molecule has 186 valence electrons.